The summed E-state index contributed by atoms with van der Waals surface area (Å²) in [6, 6.07) is 13.5. The second kappa shape index (κ2) is 5.45. The average molecular weight is 300 g/mol. The molecule has 1 atom stereocenters. The summed E-state index contributed by atoms with van der Waals surface area (Å²) < 4.78 is 13.4. The molecule has 2 N–H and O–H groups in total. The van der Waals surface area contributed by atoms with Gasteiger partial charge in [0.25, 0.3) is 0 Å². The van der Waals surface area contributed by atoms with Crippen molar-refractivity contribution < 1.29 is 4.39 Å². The number of rotatable bonds is 3. The first-order valence-electron chi connectivity index (χ1n) is 6.99. The molecule has 21 heavy (non-hydrogen) atoms. The normalized spacial score (nSPS) is 16.9. The summed E-state index contributed by atoms with van der Waals surface area (Å²) in [6.07, 6.45) is 1.03. The molecule has 0 saturated carbocycles. The second-order valence-corrected chi connectivity index (χ2v) is 5.92. The summed E-state index contributed by atoms with van der Waals surface area (Å²) in [4.78, 5) is 2.56. The Bertz CT molecular complexity index is 699. The monoisotopic (exact) mass is 300 g/mol. The lowest BCUT2D eigenvalue weighted by atomic mass is 10.1. The second-order valence-electron chi connectivity index (χ2n) is 5.48. The van der Waals surface area contributed by atoms with Crippen molar-refractivity contribution in [3.05, 3.63) is 65.0 Å². The molecule has 4 heteroatoms. The molecule has 2 aromatic carbocycles. The molecule has 0 saturated heterocycles. The number of nitrogens with zero attached hydrogens (tertiary/aromatic N) is 1. The molecule has 1 heterocycles. The SMILES string of the molecule is CC1Cc2ccccc2N1Cc1ccc(F)cc1C(N)=S. The van der Waals surface area contributed by atoms with Gasteiger partial charge in [-0.15, -0.1) is 0 Å². The van der Waals surface area contributed by atoms with Gasteiger partial charge in [0.1, 0.15) is 10.8 Å². The Morgan fingerprint density at radius 1 is 1.33 bits per heavy atom. The van der Waals surface area contributed by atoms with Gasteiger partial charge >= 0.3 is 0 Å². The molecule has 108 valence electrons. The lowest BCUT2D eigenvalue weighted by Gasteiger charge is -2.26. The van der Waals surface area contributed by atoms with E-state index in [0.717, 1.165) is 12.0 Å². The van der Waals surface area contributed by atoms with Crippen LogP contribution in [0.25, 0.3) is 0 Å². The number of nitrogens with two attached hydrogens (primary N) is 1. The fraction of sp³-hybridized carbons (Fsp3) is 0.235. The highest BCUT2D eigenvalue weighted by molar-refractivity contribution is 7.80. The van der Waals surface area contributed by atoms with Crippen molar-refractivity contribution in [3.8, 4) is 0 Å². The zero-order valence-corrected chi connectivity index (χ0v) is 12.7. The van der Waals surface area contributed by atoms with Crippen LogP contribution in [0, 0.1) is 5.82 Å². The van der Waals surface area contributed by atoms with E-state index in [0.29, 0.717) is 18.2 Å². The van der Waals surface area contributed by atoms with Crippen LogP contribution in [0.1, 0.15) is 23.6 Å². The molecular formula is C17H17FN2S. The van der Waals surface area contributed by atoms with E-state index in [-0.39, 0.29) is 10.8 Å². The van der Waals surface area contributed by atoms with Gasteiger partial charge in [-0.1, -0.05) is 36.5 Å². The van der Waals surface area contributed by atoms with Gasteiger partial charge in [-0.3, -0.25) is 0 Å². The minimum absolute atomic E-state index is 0.240. The average Bonchev–Trinajstić information content (AvgIpc) is 2.77. The minimum Gasteiger partial charge on any atom is -0.389 e. The smallest absolute Gasteiger partial charge is 0.123 e. The molecule has 0 amide bonds. The van der Waals surface area contributed by atoms with E-state index >= 15 is 0 Å². The number of anilines is 1. The Hall–Kier alpha value is -1.94. The summed E-state index contributed by atoms with van der Waals surface area (Å²) in [5.41, 5.74) is 9.91. The quantitative estimate of drug-likeness (QED) is 0.881. The van der Waals surface area contributed by atoms with Crippen molar-refractivity contribution in [2.75, 3.05) is 4.90 Å². The third kappa shape index (κ3) is 2.63. The molecule has 0 radical (unpaired) electrons. The third-order valence-electron chi connectivity index (χ3n) is 4.03. The van der Waals surface area contributed by atoms with E-state index in [2.05, 4.69) is 30.0 Å². The molecule has 1 aliphatic heterocycles. The number of para-hydroxylation sites is 1. The third-order valence-corrected chi connectivity index (χ3v) is 4.25. The van der Waals surface area contributed by atoms with Crippen molar-refractivity contribution in [1.82, 2.24) is 0 Å². The molecular weight excluding hydrogens is 283 g/mol. The van der Waals surface area contributed by atoms with Gasteiger partial charge in [0.15, 0.2) is 0 Å². The Balaban J connectivity index is 1.96. The minimum atomic E-state index is -0.309. The molecule has 0 bridgehead atoms. The number of thiocarbonyl (C=S) groups is 1. The molecule has 0 aliphatic carbocycles. The van der Waals surface area contributed by atoms with Gasteiger partial charge in [0, 0.05) is 23.8 Å². The molecule has 2 nitrogen and oxygen atoms in total. The zero-order valence-electron chi connectivity index (χ0n) is 11.8. The predicted octanol–water partition coefficient (Wildman–Crippen LogP) is 3.41. The van der Waals surface area contributed by atoms with Crippen molar-refractivity contribution in [1.29, 1.82) is 0 Å². The summed E-state index contributed by atoms with van der Waals surface area (Å²) in [5.74, 6) is -0.309. The van der Waals surface area contributed by atoms with E-state index in [1.54, 1.807) is 6.07 Å². The lowest BCUT2D eigenvalue weighted by molar-refractivity contribution is 0.625. The summed E-state index contributed by atoms with van der Waals surface area (Å²) in [6.45, 7) is 2.88. The Morgan fingerprint density at radius 2 is 2.10 bits per heavy atom. The van der Waals surface area contributed by atoms with Crippen molar-refractivity contribution >= 4 is 22.9 Å². The van der Waals surface area contributed by atoms with Crippen LogP contribution in [0.3, 0.4) is 0 Å². The fourth-order valence-corrected chi connectivity index (χ4v) is 3.16. The van der Waals surface area contributed by atoms with Gasteiger partial charge in [-0.2, -0.15) is 0 Å². The first-order chi connectivity index (χ1) is 10.1. The number of hydrogen-bond acceptors (Lipinski definition) is 2. The van der Waals surface area contributed by atoms with E-state index in [1.807, 2.05) is 6.07 Å². The van der Waals surface area contributed by atoms with Crippen molar-refractivity contribution in [2.24, 2.45) is 5.73 Å². The molecule has 0 fully saturated rings. The molecule has 1 unspecified atom stereocenters. The Kier molecular flexibility index (Phi) is 3.64. The number of benzene rings is 2. The van der Waals surface area contributed by atoms with Crippen LogP contribution in [-0.2, 0) is 13.0 Å². The van der Waals surface area contributed by atoms with Crippen LogP contribution in [0.4, 0.5) is 10.1 Å². The number of fused-ring (bicyclic) bond motifs is 1. The maximum atomic E-state index is 13.4. The van der Waals surface area contributed by atoms with E-state index in [9.17, 15) is 4.39 Å². The van der Waals surface area contributed by atoms with Crippen LogP contribution in [0.5, 0.6) is 0 Å². The van der Waals surface area contributed by atoms with E-state index in [1.165, 1.54) is 23.4 Å². The zero-order chi connectivity index (χ0) is 15.0. The number of hydrogen-bond donors (Lipinski definition) is 1. The van der Waals surface area contributed by atoms with Gasteiger partial charge in [0.05, 0.1) is 0 Å². The van der Waals surface area contributed by atoms with Gasteiger partial charge in [-0.25, -0.2) is 4.39 Å². The topological polar surface area (TPSA) is 29.3 Å². The molecule has 0 spiro atoms. The molecule has 1 aliphatic rings. The molecule has 0 aromatic heterocycles. The van der Waals surface area contributed by atoms with Gasteiger partial charge in [-0.05, 0) is 42.7 Å². The highest BCUT2D eigenvalue weighted by Crippen LogP contribution is 2.33. The fourth-order valence-electron chi connectivity index (χ4n) is 2.97. The lowest BCUT2D eigenvalue weighted by Crippen LogP contribution is -2.29. The Labute approximate surface area is 129 Å². The van der Waals surface area contributed by atoms with Crippen LogP contribution < -0.4 is 10.6 Å². The predicted molar refractivity (Wildman–Crippen MR) is 88.1 cm³/mol. The highest BCUT2D eigenvalue weighted by atomic mass is 32.1. The maximum Gasteiger partial charge on any atom is 0.123 e. The van der Waals surface area contributed by atoms with Gasteiger partial charge < -0.3 is 10.6 Å². The molecule has 3 rings (SSSR count). The van der Waals surface area contributed by atoms with E-state index in [4.69, 9.17) is 18.0 Å². The number of halogens is 1. The summed E-state index contributed by atoms with van der Waals surface area (Å²) >= 11 is 5.05. The first kappa shape index (κ1) is 14.0. The standard InChI is InChI=1S/C17H17FN2S/c1-11-8-12-4-2-3-5-16(12)20(11)10-13-6-7-14(18)9-15(13)17(19)21/h2-7,9,11H,8,10H2,1H3,(H2,19,21). The van der Waals surface area contributed by atoms with Gasteiger partial charge in [0.2, 0.25) is 0 Å². The molecule has 2 aromatic rings. The highest BCUT2D eigenvalue weighted by Gasteiger charge is 2.26. The Morgan fingerprint density at radius 3 is 2.86 bits per heavy atom. The van der Waals surface area contributed by atoms with E-state index < -0.39 is 0 Å². The first-order valence-corrected chi connectivity index (χ1v) is 7.40. The van der Waals surface area contributed by atoms with Crippen LogP contribution in [-0.4, -0.2) is 11.0 Å². The van der Waals surface area contributed by atoms with Crippen LogP contribution in [0.2, 0.25) is 0 Å². The largest absolute Gasteiger partial charge is 0.389 e. The van der Waals surface area contributed by atoms with Crippen molar-refractivity contribution in [3.63, 3.8) is 0 Å². The van der Waals surface area contributed by atoms with Crippen LogP contribution in [0.15, 0.2) is 42.5 Å². The maximum absolute atomic E-state index is 13.4. The van der Waals surface area contributed by atoms with Crippen LogP contribution >= 0.6 is 12.2 Å². The summed E-state index contributed by atoms with van der Waals surface area (Å²) in [5, 5.41) is 0. The van der Waals surface area contributed by atoms with Crippen molar-refractivity contribution in [2.45, 2.75) is 25.9 Å². The summed E-state index contributed by atoms with van der Waals surface area (Å²) in [7, 11) is 0.